The average Bonchev–Trinajstić information content (AvgIpc) is 2.40. The molecule has 0 aromatic heterocycles. The molecule has 1 aromatic carbocycles. The summed E-state index contributed by atoms with van der Waals surface area (Å²) in [5.74, 6) is -0.228. The number of anilines is 2. The quantitative estimate of drug-likeness (QED) is 0.682. The minimum Gasteiger partial charge on any atom is -0.397 e. The molecule has 0 unspecified atom stereocenters. The van der Waals surface area contributed by atoms with Gasteiger partial charge >= 0.3 is 0 Å². The van der Waals surface area contributed by atoms with Gasteiger partial charge in [0.05, 0.1) is 17.3 Å². The first kappa shape index (κ1) is 16.3. The van der Waals surface area contributed by atoms with Crippen LogP contribution in [0.5, 0.6) is 0 Å². The van der Waals surface area contributed by atoms with Crippen molar-refractivity contribution >= 4 is 34.8 Å². The van der Waals surface area contributed by atoms with Crippen LogP contribution in [0.4, 0.5) is 11.4 Å². The Morgan fingerprint density at radius 2 is 2.05 bits per heavy atom. The lowest BCUT2D eigenvalue weighted by molar-refractivity contribution is -0.122. The fourth-order valence-corrected chi connectivity index (χ4v) is 1.68. The number of likely N-dealkylation sites (N-methyl/N-ethyl adjacent to an activating group) is 1. The van der Waals surface area contributed by atoms with Crippen molar-refractivity contribution < 1.29 is 9.59 Å². The van der Waals surface area contributed by atoms with Crippen LogP contribution in [0.1, 0.15) is 6.42 Å². The second-order valence-corrected chi connectivity index (χ2v) is 4.85. The van der Waals surface area contributed by atoms with E-state index in [1.807, 2.05) is 0 Å². The highest BCUT2D eigenvalue weighted by atomic mass is 35.5. The first-order valence-electron chi connectivity index (χ1n) is 6.16. The van der Waals surface area contributed by atoms with Crippen LogP contribution in [-0.2, 0) is 9.59 Å². The van der Waals surface area contributed by atoms with E-state index in [9.17, 15) is 9.59 Å². The third-order valence-corrected chi connectivity index (χ3v) is 3.04. The summed E-state index contributed by atoms with van der Waals surface area (Å²) in [5.41, 5.74) is 6.66. The zero-order valence-corrected chi connectivity index (χ0v) is 12.3. The minimum atomic E-state index is -0.175. The van der Waals surface area contributed by atoms with Crippen LogP contribution in [-0.4, -0.2) is 43.9 Å². The molecule has 0 spiro atoms. The Morgan fingerprint density at radius 1 is 1.35 bits per heavy atom. The molecule has 110 valence electrons. The molecule has 2 amide bonds. The van der Waals surface area contributed by atoms with Crippen molar-refractivity contribution in [3.63, 3.8) is 0 Å². The van der Waals surface area contributed by atoms with Crippen LogP contribution in [0.3, 0.4) is 0 Å². The van der Waals surface area contributed by atoms with E-state index in [0.29, 0.717) is 29.4 Å². The van der Waals surface area contributed by atoms with Gasteiger partial charge < -0.3 is 16.4 Å². The summed E-state index contributed by atoms with van der Waals surface area (Å²) >= 11 is 5.80. The lowest BCUT2D eigenvalue weighted by Crippen LogP contribution is -2.33. The first-order chi connectivity index (χ1) is 9.42. The summed E-state index contributed by atoms with van der Waals surface area (Å²) in [6, 6.07) is 4.91. The lowest BCUT2D eigenvalue weighted by Gasteiger charge is -2.15. The molecule has 0 fully saturated rings. The summed E-state index contributed by atoms with van der Waals surface area (Å²) in [4.78, 5) is 24.7. The van der Waals surface area contributed by atoms with E-state index in [1.165, 1.54) is 0 Å². The molecule has 1 rings (SSSR count). The van der Waals surface area contributed by atoms with Gasteiger partial charge in [0, 0.05) is 25.7 Å². The van der Waals surface area contributed by atoms with Gasteiger partial charge in [-0.3, -0.25) is 14.5 Å². The van der Waals surface area contributed by atoms with E-state index in [-0.39, 0.29) is 18.4 Å². The Labute approximate surface area is 123 Å². The molecule has 6 nitrogen and oxygen atoms in total. The van der Waals surface area contributed by atoms with Crippen molar-refractivity contribution in [2.75, 3.05) is 38.2 Å². The predicted octanol–water partition coefficient (Wildman–Crippen LogP) is 0.929. The van der Waals surface area contributed by atoms with Gasteiger partial charge in [0.2, 0.25) is 11.8 Å². The molecule has 0 radical (unpaired) electrons. The van der Waals surface area contributed by atoms with Gasteiger partial charge in [-0.2, -0.15) is 0 Å². The maximum atomic E-state index is 11.8. The number of benzene rings is 1. The summed E-state index contributed by atoms with van der Waals surface area (Å²) in [7, 11) is 3.36. The first-order valence-corrected chi connectivity index (χ1v) is 6.54. The molecular weight excluding hydrogens is 280 g/mol. The number of carbonyl (C=O) groups is 2. The van der Waals surface area contributed by atoms with E-state index in [2.05, 4.69) is 10.6 Å². The van der Waals surface area contributed by atoms with Gasteiger partial charge in [0.15, 0.2) is 0 Å². The maximum absolute atomic E-state index is 11.8. The fraction of sp³-hybridized carbons (Fsp3) is 0.385. The van der Waals surface area contributed by atoms with E-state index in [0.717, 1.165) is 0 Å². The van der Waals surface area contributed by atoms with Crippen molar-refractivity contribution in [1.29, 1.82) is 0 Å². The molecule has 0 aliphatic rings. The van der Waals surface area contributed by atoms with Crippen LogP contribution < -0.4 is 16.4 Å². The van der Waals surface area contributed by atoms with Crippen LogP contribution in [0.25, 0.3) is 0 Å². The van der Waals surface area contributed by atoms with Crippen molar-refractivity contribution in [3.05, 3.63) is 23.2 Å². The van der Waals surface area contributed by atoms with Crippen LogP contribution in [0, 0.1) is 0 Å². The summed E-state index contributed by atoms with van der Waals surface area (Å²) < 4.78 is 0. The van der Waals surface area contributed by atoms with Gasteiger partial charge in [0.25, 0.3) is 0 Å². The number of amides is 2. The molecule has 0 saturated heterocycles. The van der Waals surface area contributed by atoms with E-state index in [1.54, 1.807) is 37.2 Å². The third kappa shape index (κ3) is 5.46. The minimum absolute atomic E-state index is 0.0530. The largest absolute Gasteiger partial charge is 0.397 e. The molecule has 0 aliphatic carbocycles. The summed E-state index contributed by atoms with van der Waals surface area (Å²) in [5, 5.41) is 5.70. The molecule has 0 heterocycles. The molecular formula is C13H19ClN4O2. The molecule has 7 heteroatoms. The SMILES string of the molecule is CNC(=O)CCN(C)CC(=O)Nc1ccc(Cl)c(N)c1. The smallest absolute Gasteiger partial charge is 0.238 e. The van der Waals surface area contributed by atoms with Gasteiger partial charge in [-0.05, 0) is 25.2 Å². The fourth-order valence-electron chi connectivity index (χ4n) is 1.56. The Kier molecular flexibility index (Phi) is 6.27. The molecule has 0 bridgehead atoms. The highest BCUT2D eigenvalue weighted by molar-refractivity contribution is 6.33. The van der Waals surface area contributed by atoms with Gasteiger partial charge in [-0.15, -0.1) is 0 Å². The second-order valence-electron chi connectivity index (χ2n) is 4.45. The van der Waals surface area contributed by atoms with E-state index in [4.69, 9.17) is 17.3 Å². The maximum Gasteiger partial charge on any atom is 0.238 e. The Hall–Kier alpha value is -1.79. The molecule has 0 saturated carbocycles. The average molecular weight is 299 g/mol. The molecule has 4 N–H and O–H groups in total. The van der Waals surface area contributed by atoms with Crippen molar-refractivity contribution in [2.24, 2.45) is 0 Å². The van der Waals surface area contributed by atoms with Crippen molar-refractivity contribution in [3.8, 4) is 0 Å². The van der Waals surface area contributed by atoms with Gasteiger partial charge in [-0.1, -0.05) is 11.6 Å². The van der Waals surface area contributed by atoms with E-state index < -0.39 is 0 Å². The van der Waals surface area contributed by atoms with E-state index >= 15 is 0 Å². The Balaban J connectivity index is 2.42. The zero-order chi connectivity index (χ0) is 15.1. The van der Waals surface area contributed by atoms with Crippen LogP contribution in [0.2, 0.25) is 5.02 Å². The lowest BCUT2D eigenvalue weighted by atomic mass is 10.3. The predicted molar refractivity (Wildman–Crippen MR) is 80.7 cm³/mol. The summed E-state index contributed by atoms with van der Waals surface area (Å²) in [6.07, 6.45) is 0.355. The van der Waals surface area contributed by atoms with Crippen LogP contribution in [0.15, 0.2) is 18.2 Å². The standard InChI is InChI=1S/C13H19ClN4O2/c1-16-12(19)5-6-18(2)8-13(20)17-9-3-4-10(14)11(15)7-9/h3-4,7H,5-6,8,15H2,1-2H3,(H,16,19)(H,17,20). The highest BCUT2D eigenvalue weighted by Crippen LogP contribution is 2.22. The second kappa shape index (κ2) is 7.72. The number of carbonyl (C=O) groups excluding carboxylic acids is 2. The van der Waals surface area contributed by atoms with Crippen LogP contribution >= 0.6 is 11.6 Å². The molecule has 1 aromatic rings. The van der Waals surface area contributed by atoms with Gasteiger partial charge in [-0.25, -0.2) is 0 Å². The van der Waals surface area contributed by atoms with Crippen molar-refractivity contribution in [2.45, 2.75) is 6.42 Å². The third-order valence-electron chi connectivity index (χ3n) is 2.69. The topological polar surface area (TPSA) is 87.5 Å². The number of nitrogens with two attached hydrogens (primary N) is 1. The number of nitrogen functional groups attached to an aromatic ring is 1. The molecule has 0 aliphatic heterocycles. The van der Waals surface area contributed by atoms with Gasteiger partial charge in [0.1, 0.15) is 0 Å². The highest BCUT2D eigenvalue weighted by Gasteiger charge is 2.09. The summed E-state index contributed by atoms with van der Waals surface area (Å²) in [6.45, 7) is 0.704. The number of halogens is 1. The Bertz CT molecular complexity index is 493. The molecule has 20 heavy (non-hydrogen) atoms. The van der Waals surface area contributed by atoms with Crippen molar-refractivity contribution in [1.82, 2.24) is 10.2 Å². The number of rotatable bonds is 6. The number of nitrogens with one attached hydrogen (secondary N) is 2. The monoisotopic (exact) mass is 298 g/mol. The number of nitrogens with zero attached hydrogens (tertiary/aromatic N) is 1. The normalized spacial score (nSPS) is 10.4. The molecule has 0 atom stereocenters. The number of hydrogen-bond acceptors (Lipinski definition) is 4. The Morgan fingerprint density at radius 3 is 2.65 bits per heavy atom. The number of hydrogen-bond donors (Lipinski definition) is 3. The zero-order valence-electron chi connectivity index (χ0n) is 11.6.